The van der Waals surface area contributed by atoms with Crippen LogP contribution >= 0.6 is 0 Å². The predicted octanol–water partition coefficient (Wildman–Crippen LogP) is 1.23. The summed E-state index contributed by atoms with van der Waals surface area (Å²) in [6.07, 6.45) is 5.81. The largest absolute Gasteiger partial charge is 0.465 e. The third-order valence-corrected chi connectivity index (χ3v) is 8.02. The van der Waals surface area contributed by atoms with Gasteiger partial charge in [-0.1, -0.05) is 0 Å². The Bertz CT molecular complexity index is 979. The van der Waals surface area contributed by atoms with Crippen LogP contribution in [0.4, 0.5) is 10.6 Å². The number of carbonyl (C=O) groups is 1. The molecule has 1 saturated carbocycles. The van der Waals surface area contributed by atoms with Gasteiger partial charge in [0, 0.05) is 32.4 Å². The van der Waals surface area contributed by atoms with Crippen LogP contribution in [0.25, 0.3) is 11.0 Å². The fraction of sp³-hybridized carbons (Fsp3) is 0.611. The van der Waals surface area contributed by atoms with Crippen molar-refractivity contribution in [1.82, 2.24) is 24.6 Å². The van der Waals surface area contributed by atoms with Crippen molar-refractivity contribution in [1.29, 1.82) is 0 Å². The van der Waals surface area contributed by atoms with Crippen LogP contribution in [-0.2, 0) is 10.0 Å². The molecular weight excluding hydrogens is 396 g/mol. The number of nitrogens with one attached hydrogen (secondary N) is 2. The highest BCUT2D eigenvalue weighted by atomic mass is 32.2. The Labute approximate surface area is 169 Å². The van der Waals surface area contributed by atoms with Crippen molar-refractivity contribution in [2.24, 2.45) is 5.92 Å². The van der Waals surface area contributed by atoms with Gasteiger partial charge in [0.2, 0.25) is 10.0 Å². The maximum atomic E-state index is 12.6. The minimum atomic E-state index is -3.34. The Kier molecular flexibility index (Phi) is 5.34. The number of aromatic nitrogens is 3. The summed E-state index contributed by atoms with van der Waals surface area (Å²) in [4.78, 5) is 24.6. The molecule has 1 saturated heterocycles. The quantitative estimate of drug-likeness (QED) is 0.638. The number of amides is 1. The van der Waals surface area contributed by atoms with E-state index in [0.29, 0.717) is 6.04 Å². The number of aromatic amines is 1. The van der Waals surface area contributed by atoms with Crippen molar-refractivity contribution in [2.45, 2.75) is 37.8 Å². The highest BCUT2D eigenvalue weighted by Crippen LogP contribution is 2.32. The van der Waals surface area contributed by atoms with Crippen LogP contribution < -0.4 is 10.2 Å². The Morgan fingerprint density at radius 1 is 1.31 bits per heavy atom. The van der Waals surface area contributed by atoms with E-state index in [2.05, 4.69) is 25.2 Å². The first-order valence-corrected chi connectivity index (χ1v) is 11.4. The lowest BCUT2D eigenvalue weighted by molar-refractivity contribution is 0.168. The Morgan fingerprint density at radius 3 is 2.72 bits per heavy atom. The molecule has 1 amide bonds. The SMILES string of the molecule is CN(c1ncnc2[nH]ccc12)[C@H]1CC[C@H](CS(=O)(=O)N2CC(NC(=O)O)C2)CC1. The van der Waals surface area contributed by atoms with Crippen LogP contribution in [0.15, 0.2) is 18.6 Å². The highest BCUT2D eigenvalue weighted by molar-refractivity contribution is 7.89. The molecule has 11 heteroatoms. The van der Waals surface area contributed by atoms with Crippen molar-refractivity contribution < 1.29 is 18.3 Å². The number of sulfonamides is 1. The summed E-state index contributed by atoms with van der Waals surface area (Å²) < 4.78 is 26.6. The Balaban J connectivity index is 1.30. The third-order valence-electron chi connectivity index (χ3n) is 6.05. The van der Waals surface area contributed by atoms with E-state index in [-0.39, 0.29) is 30.8 Å². The van der Waals surface area contributed by atoms with Crippen molar-refractivity contribution in [3.05, 3.63) is 18.6 Å². The minimum Gasteiger partial charge on any atom is -0.465 e. The summed E-state index contributed by atoms with van der Waals surface area (Å²) >= 11 is 0. The van der Waals surface area contributed by atoms with Gasteiger partial charge >= 0.3 is 6.09 Å². The van der Waals surface area contributed by atoms with Gasteiger partial charge in [0.15, 0.2) is 0 Å². The van der Waals surface area contributed by atoms with Crippen LogP contribution in [0.5, 0.6) is 0 Å². The zero-order chi connectivity index (χ0) is 20.6. The van der Waals surface area contributed by atoms with Gasteiger partial charge in [-0.3, -0.25) is 0 Å². The van der Waals surface area contributed by atoms with E-state index in [9.17, 15) is 13.2 Å². The molecule has 2 aromatic heterocycles. The van der Waals surface area contributed by atoms with Gasteiger partial charge in [0.05, 0.1) is 17.2 Å². The van der Waals surface area contributed by atoms with Crippen LogP contribution in [0.1, 0.15) is 25.7 Å². The molecule has 29 heavy (non-hydrogen) atoms. The maximum Gasteiger partial charge on any atom is 0.404 e. The zero-order valence-corrected chi connectivity index (χ0v) is 17.1. The first-order chi connectivity index (χ1) is 13.8. The number of anilines is 1. The summed E-state index contributed by atoms with van der Waals surface area (Å²) in [6, 6.07) is 1.98. The second kappa shape index (κ2) is 7.79. The van der Waals surface area contributed by atoms with E-state index >= 15 is 0 Å². The lowest BCUT2D eigenvalue weighted by Gasteiger charge is -2.40. The van der Waals surface area contributed by atoms with E-state index in [1.807, 2.05) is 19.3 Å². The van der Waals surface area contributed by atoms with E-state index in [1.54, 1.807) is 6.33 Å². The van der Waals surface area contributed by atoms with Crippen LogP contribution in [0, 0.1) is 5.92 Å². The molecule has 0 atom stereocenters. The number of hydrogen-bond acceptors (Lipinski definition) is 6. The second-order valence-electron chi connectivity index (χ2n) is 7.96. The number of hydrogen-bond donors (Lipinski definition) is 3. The highest BCUT2D eigenvalue weighted by Gasteiger charge is 2.38. The van der Waals surface area contributed by atoms with E-state index in [0.717, 1.165) is 42.5 Å². The molecule has 0 bridgehead atoms. The van der Waals surface area contributed by atoms with E-state index in [1.165, 1.54) is 4.31 Å². The number of nitrogens with zero attached hydrogens (tertiary/aromatic N) is 4. The minimum absolute atomic E-state index is 0.133. The first-order valence-electron chi connectivity index (χ1n) is 9.81. The molecule has 0 unspecified atom stereocenters. The molecule has 0 spiro atoms. The van der Waals surface area contributed by atoms with Crippen LogP contribution in [0.2, 0.25) is 0 Å². The number of fused-ring (bicyclic) bond motifs is 1. The summed E-state index contributed by atoms with van der Waals surface area (Å²) in [5.74, 6) is 1.16. The summed E-state index contributed by atoms with van der Waals surface area (Å²) in [7, 11) is -1.31. The molecule has 0 radical (unpaired) electrons. The first kappa shape index (κ1) is 19.9. The fourth-order valence-electron chi connectivity index (χ4n) is 4.35. The molecule has 1 aliphatic carbocycles. The molecule has 1 aliphatic heterocycles. The number of carboxylic acid groups (broad SMARTS) is 1. The molecule has 2 aromatic rings. The Morgan fingerprint density at radius 2 is 2.03 bits per heavy atom. The van der Waals surface area contributed by atoms with Crippen LogP contribution in [0.3, 0.4) is 0 Å². The molecule has 3 heterocycles. The average molecular weight is 423 g/mol. The summed E-state index contributed by atoms with van der Waals surface area (Å²) in [5, 5.41) is 12.0. The lowest BCUT2D eigenvalue weighted by atomic mass is 9.86. The van der Waals surface area contributed by atoms with Crippen molar-refractivity contribution in [3.8, 4) is 0 Å². The van der Waals surface area contributed by atoms with Gasteiger partial charge in [-0.25, -0.2) is 23.2 Å². The van der Waals surface area contributed by atoms with Gasteiger partial charge in [-0.15, -0.1) is 0 Å². The topological polar surface area (TPSA) is 132 Å². The fourth-order valence-corrected chi connectivity index (χ4v) is 6.30. The second-order valence-corrected chi connectivity index (χ2v) is 9.98. The number of H-pyrrole nitrogens is 1. The normalized spacial score (nSPS) is 23.6. The predicted molar refractivity (Wildman–Crippen MR) is 108 cm³/mol. The molecule has 3 N–H and O–H groups in total. The van der Waals surface area contributed by atoms with Crippen LogP contribution in [-0.4, -0.2) is 76.8 Å². The van der Waals surface area contributed by atoms with E-state index in [4.69, 9.17) is 5.11 Å². The monoisotopic (exact) mass is 422 g/mol. The molecule has 158 valence electrons. The number of rotatable bonds is 6. The standard InChI is InChI=1S/C18H26N6O4S/c1-23(17-15-6-7-19-16(15)20-11-21-17)14-4-2-12(3-5-14)10-29(27,28)24-8-13(9-24)22-18(25)26/h6-7,11-14,22H,2-5,8-10H2,1H3,(H,25,26)(H,19,20,21)/t12-,14-. The molecule has 2 fully saturated rings. The molecular formula is C18H26N6O4S. The van der Waals surface area contributed by atoms with Gasteiger partial charge in [-0.2, -0.15) is 4.31 Å². The maximum absolute atomic E-state index is 12.6. The van der Waals surface area contributed by atoms with Crippen molar-refractivity contribution in [2.75, 3.05) is 30.8 Å². The summed E-state index contributed by atoms with van der Waals surface area (Å²) in [6.45, 7) is 0.459. The smallest absolute Gasteiger partial charge is 0.404 e. The average Bonchev–Trinajstić information content (AvgIpc) is 3.12. The zero-order valence-electron chi connectivity index (χ0n) is 16.3. The lowest BCUT2D eigenvalue weighted by Crippen LogP contribution is -2.61. The Hall–Kier alpha value is -2.40. The molecule has 10 nitrogen and oxygen atoms in total. The van der Waals surface area contributed by atoms with Crippen molar-refractivity contribution in [3.63, 3.8) is 0 Å². The summed E-state index contributed by atoms with van der Waals surface area (Å²) in [5.41, 5.74) is 0.812. The molecule has 4 rings (SSSR count). The van der Waals surface area contributed by atoms with Gasteiger partial charge in [-0.05, 0) is 37.7 Å². The molecule has 0 aromatic carbocycles. The molecule has 2 aliphatic rings. The van der Waals surface area contributed by atoms with Crippen molar-refractivity contribution >= 4 is 33.0 Å². The van der Waals surface area contributed by atoms with Gasteiger partial charge < -0.3 is 20.3 Å². The van der Waals surface area contributed by atoms with Gasteiger partial charge in [0.25, 0.3) is 0 Å². The van der Waals surface area contributed by atoms with E-state index < -0.39 is 16.1 Å². The third kappa shape index (κ3) is 4.15. The van der Waals surface area contributed by atoms with Gasteiger partial charge in [0.1, 0.15) is 17.8 Å².